The van der Waals surface area contributed by atoms with E-state index in [2.05, 4.69) is 29.7 Å². The van der Waals surface area contributed by atoms with E-state index in [4.69, 9.17) is 67.8 Å². The summed E-state index contributed by atoms with van der Waals surface area (Å²) in [5.74, 6) is 0.874. The summed E-state index contributed by atoms with van der Waals surface area (Å²) in [5.41, 5.74) is 9.23. The molecule has 0 saturated carbocycles. The number of para-hydroxylation sites is 3. The summed E-state index contributed by atoms with van der Waals surface area (Å²) in [4.78, 5) is 4.97. The van der Waals surface area contributed by atoms with Crippen LogP contribution in [0.4, 0.5) is 0 Å². The number of fused-ring (bicyclic) bond motifs is 3. The molecule has 16 radical (unpaired) electrons. The zero-order chi connectivity index (χ0) is 35.7. The molecule has 220 valence electrons. The Labute approximate surface area is 308 Å². The van der Waals surface area contributed by atoms with Crippen molar-refractivity contribution in [3.63, 3.8) is 0 Å². The molecule has 0 aliphatic heterocycles. The van der Waals surface area contributed by atoms with Gasteiger partial charge in [0.05, 0.1) is 16.7 Å². The summed E-state index contributed by atoms with van der Waals surface area (Å²) in [6, 6.07) is 34.2. The Balaban J connectivity index is 1.63. The largest absolute Gasteiger partial charge is 0.296 e. The fourth-order valence-corrected chi connectivity index (χ4v) is 7.45. The number of rotatable bonds is 5. The van der Waals surface area contributed by atoms with Crippen LogP contribution in [0.1, 0.15) is 12.7 Å². The van der Waals surface area contributed by atoms with E-state index < -0.39 is 0 Å². The molecule has 0 bridgehead atoms. The molecule has 0 N–H and O–H groups in total. The fraction of sp³-hybridized carbons (Fsp3) is 0.0488. The second kappa shape index (κ2) is 12.7. The van der Waals surface area contributed by atoms with Crippen LogP contribution in [-0.2, 0) is 6.42 Å². The molecule has 0 spiro atoms. The molecule has 0 saturated heterocycles. The average Bonchev–Trinajstić information content (AvgIpc) is 3.55. The lowest BCUT2D eigenvalue weighted by Gasteiger charge is -2.29. The van der Waals surface area contributed by atoms with E-state index in [9.17, 15) is 0 Å². The number of aromatic nitrogens is 2. The predicted octanol–water partition coefficient (Wildman–Crippen LogP) is 1.25. The molecule has 0 unspecified atom stereocenters. The fourth-order valence-electron chi connectivity index (χ4n) is 7.45. The standard InChI is InChI=1S/C41H22B8N2/c1-2-27-50-24-16-7-9-18-26(24)51(27)25-17-8-6-15-23(25)29-32-30(34(42)38(46)40(48)36(32)44)28(31-33(29)37(45)41(49)39(47)35(31)43)22-14-10-13-21(19-22)20-11-4-3-5-12-20/h3-19H,2H2,1H3. The number of hydrogen-bond donors (Lipinski definition) is 0. The first-order valence-electron chi connectivity index (χ1n) is 16.6. The Morgan fingerprint density at radius 2 is 0.961 bits per heavy atom. The number of benzene rings is 7. The van der Waals surface area contributed by atoms with Gasteiger partial charge < -0.3 is 0 Å². The van der Waals surface area contributed by atoms with Crippen LogP contribution in [0.2, 0.25) is 0 Å². The maximum atomic E-state index is 7.05. The van der Waals surface area contributed by atoms with E-state index in [1.165, 1.54) is 0 Å². The topological polar surface area (TPSA) is 17.8 Å². The molecule has 51 heavy (non-hydrogen) atoms. The van der Waals surface area contributed by atoms with Crippen molar-refractivity contribution < 1.29 is 0 Å². The first-order chi connectivity index (χ1) is 24.6. The van der Waals surface area contributed by atoms with Gasteiger partial charge >= 0.3 is 0 Å². The Kier molecular flexibility index (Phi) is 8.25. The lowest BCUT2D eigenvalue weighted by Crippen LogP contribution is -2.50. The number of hydrogen-bond acceptors (Lipinski definition) is 1. The summed E-state index contributed by atoms with van der Waals surface area (Å²) < 4.78 is 2.15. The van der Waals surface area contributed by atoms with Crippen LogP contribution >= 0.6 is 0 Å². The minimum Gasteiger partial charge on any atom is -0.296 e. The summed E-state index contributed by atoms with van der Waals surface area (Å²) >= 11 is 0. The maximum absolute atomic E-state index is 7.05. The molecule has 0 amide bonds. The molecule has 7 aromatic carbocycles. The Morgan fingerprint density at radius 1 is 0.471 bits per heavy atom. The lowest BCUT2D eigenvalue weighted by molar-refractivity contribution is 0.909. The van der Waals surface area contributed by atoms with Crippen molar-refractivity contribution in [1.29, 1.82) is 0 Å². The molecule has 0 fully saturated rings. The molecule has 10 heteroatoms. The van der Waals surface area contributed by atoms with E-state index in [0.717, 1.165) is 44.8 Å². The third kappa shape index (κ3) is 5.01. The molecular formula is C41H22B8N2. The van der Waals surface area contributed by atoms with Crippen LogP contribution in [0, 0.1) is 0 Å². The molecule has 8 aromatic rings. The van der Waals surface area contributed by atoms with E-state index in [0.29, 0.717) is 39.1 Å². The van der Waals surface area contributed by atoms with Gasteiger partial charge in [-0.05, 0) is 73.6 Å². The molecule has 1 aromatic heterocycles. The van der Waals surface area contributed by atoms with E-state index in [1.54, 1.807) is 0 Å². The van der Waals surface area contributed by atoms with Gasteiger partial charge in [-0.25, -0.2) is 4.98 Å². The molecule has 0 atom stereocenters. The highest BCUT2D eigenvalue weighted by molar-refractivity contribution is 6.71. The minimum atomic E-state index is 0.166. The smallest absolute Gasteiger partial charge is 0.114 e. The van der Waals surface area contributed by atoms with Crippen molar-refractivity contribution >= 4 is 139 Å². The van der Waals surface area contributed by atoms with Crippen molar-refractivity contribution in [2.45, 2.75) is 13.3 Å². The molecule has 0 aliphatic rings. The number of aryl methyl sites for hydroxylation is 1. The van der Waals surface area contributed by atoms with Gasteiger partial charge in [0.25, 0.3) is 0 Å². The van der Waals surface area contributed by atoms with E-state index >= 15 is 0 Å². The molecule has 1 heterocycles. The first kappa shape index (κ1) is 33.2. The third-order valence-electron chi connectivity index (χ3n) is 9.94. The Hall–Kier alpha value is -4.95. The van der Waals surface area contributed by atoms with Crippen LogP contribution in [0.15, 0.2) is 103 Å². The van der Waals surface area contributed by atoms with Crippen molar-refractivity contribution in [2.75, 3.05) is 0 Å². The molecule has 2 nitrogen and oxygen atoms in total. The molecule has 8 rings (SSSR count). The van der Waals surface area contributed by atoms with Crippen LogP contribution < -0.4 is 43.7 Å². The van der Waals surface area contributed by atoms with Gasteiger partial charge in [-0.15, -0.1) is 21.9 Å². The van der Waals surface area contributed by atoms with Crippen molar-refractivity contribution in [3.8, 4) is 39.1 Å². The summed E-state index contributed by atoms with van der Waals surface area (Å²) in [6.45, 7) is 2.08. The number of nitrogens with zero attached hydrogens (tertiary/aromatic N) is 2. The zero-order valence-electron chi connectivity index (χ0n) is 28.0. The highest BCUT2D eigenvalue weighted by Gasteiger charge is 2.26. The summed E-state index contributed by atoms with van der Waals surface area (Å²) in [6.07, 6.45) is 0.679. The Bertz CT molecular complexity index is 2640. The third-order valence-corrected chi connectivity index (χ3v) is 9.94. The molecular weight excluding hydrogens is 607 g/mol. The van der Waals surface area contributed by atoms with Crippen molar-refractivity contribution in [2.24, 2.45) is 0 Å². The quantitative estimate of drug-likeness (QED) is 0.207. The predicted molar refractivity (Wildman–Crippen MR) is 225 cm³/mol. The Morgan fingerprint density at radius 3 is 1.57 bits per heavy atom. The average molecular weight is 629 g/mol. The zero-order valence-corrected chi connectivity index (χ0v) is 28.0. The van der Waals surface area contributed by atoms with Gasteiger partial charge in [0.15, 0.2) is 0 Å². The van der Waals surface area contributed by atoms with Crippen molar-refractivity contribution in [1.82, 2.24) is 9.55 Å². The second-order valence-corrected chi connectivity index (χ2v) is 12.7. The van der Waals surface area contributed by atoms with Gasteiger partial charge in [0, 0.05) is 12.0 Å². The van der Waals surface area contributed by atoms with Gasteiger partial charge in [-0.3, -0.25) is 4.57 Å². The monoisotopic (exact) mass is 630 g/mol. The lowest BCUT2D eigenvalue weighted by atomic mass is 9.59. The highest BCUT2D eigenvalue weighted by atomic mass is 15.1. The van der Waals surface area contributed by atoms with Crippen LogP contribution in [0.5, 0.6) is 0 Å². The highest BCUT2D eigenvalue weighted by Crippen LogP contribution is 2.43. The van der Waals surface area contributed by atoms with Gasteiger partial charge in [-0.1, -0.05) is 108 Å². The van der Waals surface area contributed by atoms with Gasteiger partial charge in [0.2, 0.25) is 0 Å². The van der Waals surface area contributed by atoms with Crippen LogP contribution in [-0.4, -0.2) is 72.3 Å². The maximum Gasteiger partial charge on any atom is 0.114 e. The van der Waals surface area contributed by atoms with E-state index in [-0.39, 0.29) is 43.7 Å². The van der Waals surface area contributed by atoms with E-state index in [1.807, 2.05) is 84.9 Å². The normalized spacial score (nSPS) is 11.5. The van der Waals surface area contributed by atoms with Gasteiger partial charge in [0.1, 0.15) is 68.6 Å². The molecule has 0 aliphatic carbocycles. The van der Waals surface area contributed by atoms with Crippen LogP contribution in [0.3, 0.4) is 0 Å². The summed E-state index contributed by atoms with van der Waals surface area (Å²) in [7, 11) is 54.7. The first-order valence-corrected chi connectivity index (χ1v) is 16.6. The van der Waals surface area contributed by atoms with Crippen molar-refractivity contribution in [3.05, 3.63) is 109 Å². The summed E-state index contributed by atoms with van der Waals surface area (Å²) in [5, 5.41) is 2.28. The second-order valence-electron chi connectivity index (χ2n) is 12.7. The number of imidazole rings is 1. The van der Waals surface area contributed by atoms with Crippen LogP contribution in [0.25, 0.3) is 71.6 Å². The SMILES string of the molecule is [B]c1c([B])c([B])c2c(-c3ccccc3-n3c(CC)nc4ccccc43)c3c([B])c([B])c([B])c([B])c3c(-c3cccc(-c4ccccc4)c3)c2c1[B]. The van der Waals surface area contributed by atoms with Gasteiger partial charge in [-0.2, -0.15) is 0 Å². The minimum absolute atomic E-state index is 0.166.